The van der Waals surface area contributed by atoms with Gasteiger partial charge in [0.25, 0.3) is 0 Å². The maximum Gasteiger partial charge on any atom is 0.242 e. The van der Waals surface area contributed by atoms with E-state index < -0.39 is 9.84 Å². The summed E-state index contributed by atoms with van der Waals surface area (Å²) in [6.07, 6.45) is 0.532. The first kappa shape index (κ1) is 16.8. The van der Waals surface area contributed by atoms with E-state index in [4.69, 9.17) is 0 Å². The van der Waals surface area contributed by atoms with Gasteiger partial charge in [0.05, 0.1) is 18.1 Å². The van der Waals surface area contributed by atoms with Crippen molar-refractivity contribution < 1.29 is 13.2 Å². The van der Waals surface area contributed by atoms with Gasteiger partial charge >= 0.3 is 0 Å². The molecule has 3 rings (SSSR count). The molecule has 1 fully saturated rings. The number of nitrogens with zero attached hydrogens (tertiary/aromatic N) is 2. The molecule has 5 nitrogen and oxygen atoms in total. The van der Waals surface area contributed by atoms with Crippen LogP contribution in [0.2, 0.25) is 0 Å². The van der Waals surface area contributed by atoms with Crippen LogP contribution in [0.3, 0.4) is 0 Å². The Labute approximate surface area is 142 Å². The van der Waals surface area contributed by atoms with E-state index in [1.807, 2.05) is 42.3 Å². The number of carbonyl (C=O) groups excluding carboxylic acids is 1. The fourth-order valence-corrected chi connectivity index (χ4v) is 4.88. The average molecular weight is 346 g/mol. The number of sulfone groups is 1. The van der Waals surface area contributed by atoms with Crippen LogP contribution in [0, 0.1) is 0 Å². The number of hydrogen-bond acceptors (Lipinski definition) is 4. The van der Waals surface area contributed by atoms with Gasteiger partial charge in [-0.1, -0.05) is 30.3 Å². The summed E-state index contributed by atoms with van der Waals surface area (Å²) in [6, 6.07) is 14.0. The normalized spacial score (nSPS) is 19.3. The Hall–Kier alpha value is -2.08. The molecule has 2 aromatic rings. The number of amides is 1. The van der Waals surface area contributed by atoms with Crippen molar-refractivity contribution in [3.05, 3.63) is 42.5 Å². The number of carbonyl (C=O) groups is 1. The molecule has 0 bridgehead atoms. The van der Waals surface area contributed by atoms with Crippen molar-refractivity contribution >= 4 is 32.2 Å². The number of hydrogen-bond donors (Lipinski definition) is 0. The molecule has 0 spiro atoms. The highest BCUT2D eigenvalue weighted by Crippen LogP contribution is 2.22. The maximum absolute atomic E-state index is 12.5. The van der Waals surface area contributed by atoms with Crippen molar-refractivity contribution in [1.82, 2.24) is 4.90 Å². The van der Waals surface area contributed by atoms with E-state index in [-0.39, 0.29) is 30.0 Å². The van der Waals surface area contributed by atoms with E-state index >= 15 is 0 Å². The van der Waals surface area contributed by atoms with Crippen LogP contribution in [0.1, 0.15) is 6.42 Å². The lowest BCUT2D eigenvalue weighted by Crippen LogP contribution is -2.43. The second-order valence-electron chi connectivity index (χ2n) is 6.45. The largest absolute Gasteiger partial charge is 0.365 e. The molecule has 0 N–H and O–H groups in total. The van der Waals surface area contributed by atoms with Gasteiger partial charge in [0, 0.05) is 25.8 Å². The smallest absolute Gasteiger partial charge is 0.242 e. The summed E-state index contributed by atoms with van der Waals surface area (Å²) in [6.45, 7) is 0.228. The fraction of sp³-hybridized carbons (Fsp3) is 0.389. The third-order valence-electron chi connectivity index (χ3n) is 4.70. The van der Waals surface area contributed by atoms with E-state index in [1.165, 1.54) is 0 Å². The topological polar surface area (TPSA) is 57.7 Å². The molecule has 0 radical (unpaired) electrons. The van der Waals surface area contributed by atoms with E-state index in [0.29, 0.717) is 6.42 Å². The lowest BCUT2D eigenvalue weighted by atomic mass is 10.1. The third-order valence-corrected chi connectivity index (χ3v) is 6.45. The van der Waals surface area contributed by atoms with Crippen LogP contribution in [0.5, 0.6) is 0 Å². The zero-order valence-corrected chi connectivity index (χ0v) is 14.8. The van der Waals surface area contributed by atoms with E-state index in [0.717, 1.165) is 16.5 Å². The van der Waals surface area contributed by atoms with Gasteiger partial charge in [-0.3, -0.25) is 4.79 Å². The summed E-state index contributed by atoms with van der Waals surface area (Å²) < 4.78 is 23.2. The second kappa shape index (κ2) is 6.43. The van der Waals surface area contributed by atoms with Gasteiger partial charge in [-0.15, -0.1) is 0 Å². The minimum atomic E-state index is -2.99. The Balaban J connectivity index is 1.68. The van der Waals surface area contributed by atoms with E-state index in [2.05, 4.69) is 12.1 Å². The molecule has 0 unspecified atom stereocenters. The average Bonchev–Trinajstić information content (AvgIpc) is 2.93. The van der Waals surface area contributed by atoms with Gasteiger partial charge in [-0.2, -0.15) is 0 Å². The SMILES string of the molecule is CN(CC(=O)N(C)[C@H]1CCS(=O)(=O)C1)c1ccc2ccccc2c1. The fourth-order valence-electron chi connectivity index (χ4n) is 3.10. The molecular formula is C18H22N2O3S. The molecule has 2 aromatic carbocycles. The van der Waals surface area contributed by atoms with Gasteiger partial charge in [-0.25, -0.2) is 8.42 Å². The summed E-state index contributed by atoms with van der Waals surface area (Å²) in [4.78, 5) is 16.0. The lowest BCUT2D eigenvalue weighted by Gasteiger charge is -2.27. The van der Waals surface area contributed by atoms with Crippen molar-refractivity contribution in [2.75, 3.05) is 37.0 Å². The van der Waals surface area contributed by atoms with Crippen molar-refractivity contribution in [3.8, 4) is 0 Å². The van der Waals surface area contributed by atoms with Crippen molar-refractivity contribution in [2.24, 2.45) is 0 Å². The lowest BCUT2D eigenvalue weighted by molar-refractivity contribution is -0.130. The quantitative estimate of drug-likeness (QED) is 0.849. The highest BCUT2D eigenvalue weighted by molar-refractivity contribution is 7.91. The first-order valence-electron chi connectivity index (χ1n) is 8.02. The van der Waals surface area contributed by atoms with Gasteiger partial charge < -0.3 is 9.80 Å². The van der Waals surface area contributed by atoms with Crippen molar-refractivity contribution in [2.45, 2.75) is 12.5 Å². The molecule has 1 amide bonds. The molecule has 1 aliphatic heterocycles. The Morgan fingerprint density at radius 1 is 1.12 bits per heavy atom. The highest BCUT2D eigenvalue weighted by atomic mass is 32.2. The van der Waals surface area contributed by atoms with E-state index in [1.54, 1.807) is 11.9 Å². The predicted molar refractivity (Wildman–Crippen MR) is 97.0 cm³/mol. The van der Waals surface area contributed by atoms with Crippen LogP contribution in [-0.4, -0.2) is 57.4 Å². The Bertz CT molecular complexity index is 863. The van der Waals surface area contributed by atoms with Crippen LogP contribution in [0.4, 0.5) is 5.69 Å². The van der Waals surface area contributed by atoms with Crippen LogP contribution in [-0.2, 0) is 14.6 Å². The second-order valence-corrected chi connectivity index (χ2v) is 8.68. The molecule has 6 heteroatoms. The summed E-state index contributed by atoms with van der Waals surface area (Å²) in [5.41, 5.74) is 0.967. The zero-order chi connectivity index (χ0) is 17.3. The van der Waals surface area contributed by atoms with Gasteiger partial charge in [0.1, 0.15) is 0 Å². The number of fused-ring (bicyclic) bond motifs is 1. The number of rotatable bonds is 4. The van der Waals surface area contributed by atoms with Crippen molar-refractivity contribution in [3.63, 3.8) is 0 Å². The third kappa shape index (κ3) is 3.53. The molecular weight excluding hydrogens is 324 g/mol. The zero-order valence-electron chi connectivity index (χ0n) is 14.0. The number of anilines is 1. The standard InChI is InChI=1S/C18H22N2O3S/c1-19(16-8-7-14-5-3-4-6-15(14)11-16)12-18(21)20(2)17-9-10-24(22,23)13-17/h3-8,11,17H,9-10,12-13H2,1-2H3/t17-/m0/s1. The van der Waals surface area contributed by atoms with Crippen LogP contribution < -0.4 is 4.90 Å². The molecule has 0 aromatic heterocycles. The van der Waals surface area contributed by atoms with Crippen LogP contribution >= 0.6 is 0 Å². The first-order chi connectivity index (χ1) is 11.4. The van der Waals surface area contributed by atoms with Crippen LogP contribution in [0.25, 0.3) is 10.8 Å². The predicted octanol–water partition coefficient (Wildman–Crippen LogP) is 1.92. The molecule has 1 saturated heterocycles. The minimum absolute atomic E-state index is 0.0623. The Morgan fingerprint density at radius 2 is 1.83 bits per heavy atom. The van der Waals surface area contributed by atoms with Gasteiger partial charge in [-0.05, 0) is 29.3 Å². The number of likely N-dealkylation sites (N-methyl/N-ethyl adjacent to an activating group) is 2. The van der Waals surface area contributed by atoms with Gasteiger partial charge in [0.2, 0.25) is 5.91 Å². The summed E-state index contributed by atoms with van der Waals surface area (Å²) >= 11 is 0. The number of benzene rings is 2. The highest BCUT2D eigenvalue weighted by Gasteiger charge is 2.32. The molecule has 1 atom stereocenters. The summed E-state index contributed by atoms with van der Waals surface area (Å²) in [5, 5.41) is 2.29. The van der Waals surface area contributed by atoms with Gasteiger partial charge in [0.15, 0.2) is 9.84 Å². The van der Waals surface area contributed by atoms with E-state index in [9.17, 15) is 13.2 Å². The Kier molecular flexibility index (Phi) is 4.49. The van der Waals surface area contributed by atoms with Crippen LogP contribution in [0.15, 0.2) is 42.5 Å². The minimum Gasteiger partial charge on any atom is -0.365 e. The molecule has 0 aliphatic carbocycles. The first-order valence-corrected chi connectivity index (χ1v) is 9.84. The molecule has 128 valence electrons. The Morgan fingerprint density at radius 3 is 2.50 bits per heavy atom. The molecule has 0 saturated carbocycles. The summed E-state index contributed by atoms with van der Waals surface area (Å²) in [5.74, 6) is 0.192. The summed E-state index contributed by atoms with van der Waals surface area (Å²) in [7, 11) is 0.586. The molecule has 24 heavy (non-hydrogen) atoms. The maximum atomic E-state index is 12.5. The molecule has 1 heterocycles. The monoisotopic (exact) mass is 346 g/mol. The van der Waals surface area contributed by atoms with Crippen molar-refractivity contribution in [1.29, 1.82) is 0 Å². The molecule has 1 aliphatic rings.